The van der Waals surface area contributed by atoms with Gasteiger partial charge in [-0.05, 0) is 30.4 Å². The van der Waals surface area contributed by atoms with E-state index in [1.54, 1.807) is 0 Å². The molecule has 2 heterocycles. The van der Waals surface area contributed by atoms with Gasteiger partial charge in [-0.2, -0.15) is 0 Å². The van der Waals surface area contributed by atoms with Gasteiger partial charge in [-0.3, -0.25) is 0 Å². The van der Waals surface area contributed by atoms with Crippen molar-refractivity contribution in [1.82, 2.24) is 4.98 Å². The first-order chi connectivity index (χ1) is 7.61. The van der Waals surface area contributed by atoms with E-state index >= 15 is 0 Å². The van der Waals surface area contributed by atoms with E-state index < -0.39 is 0 Å². The van der Waals surface area contributed by atoms with Crippen LogP contribution in [0, 0.1) is 5.41 Å². The van der Waals surface area contributed by atoms with E-state index in [0.29, 0.717) is 5.41 Å². The van der Waals surface area contributed by atoms with Crippen LogP contribution in [0.15, 0.2) is 18.2 Å². The lowest BCUT2D eigenvalue weighted by Crippen LogP contribution is -2.37. The smallest absolute Gasteiger partial charge is 0.128 e. The number of aliphatic hydroxyl groups is 1. The predicted molar refractivity (Wildman–Crippen MR) is 65.4 cm³/mol. The van der Waals surface area contributed by atoms with Gasteiger partial charge in [-0.15, -0.1) is 0 Å². The standard InChI is InChI=1S/C13H20N2O/c1-13(2)6-8-15(9-7-13)12-5-3-4-11(10-16)14-12/h3-5,16H,6-10H2,1-2H3. The van der Waals surface area contributed by atoms with Crippen LogP contribution in [0.25, 0.3) is 0 Å². The van der Waals surface area contributed by atoms with Crippen molar-refractivity contribution in [3.05, 3.63) is 23.9 Å². The molecule has 1 N–H and O–H groups in total. The number of rotatable bonds is 2. The Morgan fingerprint density at radius 2 is 2.00 bits per heavy atom. The van der Waals surface area contributed by atoms with Crippen LogP contribution in [0.2, 0.25) is 0 Å². The van der Waals surface area contributed by atoms with Gasteiger partial charge in [0.1, 0.15) is 5.82 Å². The number of piperidine rings is 1. The highest BCUT2D eigenvalue weighted by Gasteiger charge is 2.25. The average Bonchev–Trinajstić information content (AvgIpc) is 2.29. The Balaban J connectivity index is 2.08. The first-order valence-corrected chi connectivity index (χ1v) is 5.92. The Morgan fingerprint density at radius 3 is 2.62 bits per heavy atom. The molecule has 0 aromatic carbocycles. The quantitative estimate of drug-likeness (QED) is 0.830. The maximum absolute atomic E-state index is 9.06. The van der Waals surface area contributed by atoms with Crippen LogP contribution >= 0.6 is 0 Å². The Kier molecular flexibility index (Phi) is 3.15. The number of pyridine rings is 1. The van der Waals surface area contributed by atoms with Gasteiger partial charge in [-0.25, -0.2) is 4.98 Å². The fourth-order valence-electron chi connectivity index (χ4n) is 2.07. The Morgan fingerprint density at radius 1 is 1.31 bits per heavy atom. The second-order valence-electron chi connectivity index (χ2n) is 5.30. The van der Waals surface area contributed by atoms with E-state index in [1.807, 2.05) is 18.2 Å². The second kappa shape index (κ2) is 4.42. The summed E-state index contributed by atoms with van der Waals surface area (Å²) in [6, 6.07) is 5.85. The first-order valence-electron chi connectivity index (χ1n) is 5.92. The van der Waals surface area contributed by atoms with Gasteiger partial charge in [0, 0.05) is 13.1 Å². The van der Waals surface area contributed by atoms with Gasteiger partial charge < -0.3 is 10.0 Å². The highest BCUT2D eigenvalue weighted by Crippen LogP contribution is 2.31. The molecule has 0 bridgehead atoms. The number of anilines is 1. The zero-order valence-corrected chi connectivity index (χ0v) is 10.1. The molecule has 2 rings (SSSR count). The van der Waals surface area contributed by atoms with Crippen molar-refractivity contribution in [2.24, 2.45) is 5.41 Å². The average molecular weight is 220 g/mol. The largest absolute Gasteiger partial charge is 0.390 e. The van der Waals surface area contributed by atoms with Crippen molar-refractivity contribution in [2.75, 3.05) is 18.0 Å². The van der Waals surface area contributed by atoms with Crippen LogP contribution in [-0.2, 0) is 6.61 Å². The van der Waals surface area contributed by atoms with Gasteiger partial charge in [0.2, 0.25) is 0 Å². The summed E-state index contributed by atoms with van der Waals surface area (Å²) in [7, 11) is 0. The molecule has 0 saturated carbocycles. The van der Waals surface area contributed by atoms with Crippen LogP contribution in [0.5, 0.6) is 0 Å². The molecular formula is C13H20N2O. The molecule has 0 unspecified atom stereocenters. The Labute approximate surface area is 97.1 Å². The van der Waals surface area contributed by atoms with E-state index in [9.17, 15) is 0 Å². The van der Waals surface area contributed by atoms with E-state index in [-0.39, 0.29) is 6.61 Å². The van der Waals surface area contributed by atoms with Crippen molar-refractivity contribution in [2.45, 2.75) is 33.3 Å². The van der Waals surface area contributed by atoms with Crippen LogP contribution in [0.3, 0.4) is 0 Å². The summed E-state index contributed by atoms with van der Waals surface area (Å²) in [5.41, 5.74) is 1.22. The van der Waals surface area contributed by atoms with Gasteiger partial charge >= 0.3 is 0 Å². The number of aliphatic hydroxyl groups excluding tert-OH is 1. The van der Waals surface area contributed by atoms with E-state index in [4.69, 9.17) is 5.11 Å². The van der Waals surface area contributed by atoms with Crippen LogP contribution in [-0.4, -0.2) is 23.2 Å². The highest BCUT2D eigenvalue weighted by molar-refractivity contribution is 5.39. The van der Waals surface area contributed by atoms with E-state index in [1.165, 1.54) is 12.8 Å². The summed E-state index contributed by atoms with van der Waals surface area (Å²) >= 11 is 0. The molecule has 1 aliphatic heterocycles. The maximum Gasteiger partial charge on any atom is 0.128 e. The fourth-order valence-corrected chi connectivity index (χ4v) is 2.07. The molecular weight excluding hydrogens is 200 g/mol. The molecule has 0 amide bonds. The van der Waals surface area contributed by atoms with Crippen LogP contribution < -0.4 is 4.90 Å². The van der Waals surface area contributed by atoms with Gasteiger partial charge in [-0.1, -0.05) is 19.9 Å². The summed E-state index contributed by atoms with van der Waals surface area (Å²) < 4.78 is 0. The normalized spacial score (nSPS) is 19.8. The molecule has 1 aromatic rings. The third kappa shape index (κ3) is 2.53. The fraction of sp³-hybridized carbons (Fsp3) is 0.615. The summed E-state index contributed by atoms with van der Waals surface area (Å²) in [6.45, 7) is 6.79. The van der Waals surface area contributed by atoms with Crippen molar-refractivity contribution in [3.63, 3.8) is 0 Å². The lowest BCUT2D eigenvalue weighted by atomic mass is 9.83. The summed E-state index contributed by atoms with van der Waals surface area (Å²) in [6.07, 6.45) is 2.41. The Hall–Kier alpha value is -1.09. The van der Waals surface area contributed by atoms with E-state index in [0.717, 1.165) is 24.6 Å². The number of hydrogen-bond acceptors (Lipinski definition) is 3. The van der Waals surface area contributed by atoms with E-state index in [2.05, 4.69) is 23.7 Å². The highest BCUT2D eigenvalue weighted by atomic mass is 16.3. The predicted octanol–water partition coefficient (Wildman–Crippen LogP) is 2.20. The molecule has 1 saturated heterocycles. The maximum atomic E-state index is 9.06. The first kappa shape index (κ1) is 11.4. The van der Waals surface area contributed by atoms with Gasteiger partial charge in [0.15, 0.2) is 0 Å². The minimum atomic E-state index is 0.0210. The minimum Gasteiger partial charge on any atom is -0.390 e. The zero-order valence-electron chi connectivity index (χ0n) is 10.1. The molecule has 0 radical (unpaired) electrons. The molecule has 1 aliphatic rings. The van der Waals surface area contributed by atoms with Crippen LogP contribution in [0.4, 0.5) is 5.82 Å². The van der Waals surface area contributed by atoms with Crippen LogP contribution in [0.1, 0.15) is 32.4 Å². The molecule has 0 aliphatic carbocycles. The number of aromatic nitrogens is 1. The molecule has 3 nitrogen and oxygen atoms in total. The number of nitrogens with zero attached hydrogens (tertiary/aromatic N) is 2. The van der Waals surface area contributed by atoms with Crippen molar-refractivity contribution in [1.29, 1.82) is 0 Å². The Bertz CT molecular complexity index is 353. The third-order valence-electron chi connectivity index (χ3n) is 3.40. The van der Waals surface area contributed by atoms with Crippen molar-refractivity contribution >= 4 is 5.82 Å². The third-order valence-corrected chi connectivity index (χ3v) is 3.40. The minimum absolute atomic E-state index is 0.0210. The summed E-state index contributed by atoms with van der Waals surface area (Å²) in [4.78, 5) is 6.75. The van der Waals surface area contributed by atoms with Crippen molar-refractivity contribution < 1.29 is 5.11 Å². The van der Waals surface area contributed by atoms with Gasteiger partial charge in [0.05, 0.1) is 12.3 Å². The summed E-state index contributed by atoms with van der Waals surface area (Å²) in [5, 5.41) is 9.06. The molecule has 0 atom stereocenters. The number of hydrogen-bond donors (Lipinski definition) is 1. The monoisotopic (exact) mass is 220 g/mol. The molecule has 3 heteroatoms. The molecule has 1 fully saturated rings. The lowest BCUT2D eigenvalue weighted by molar-refractivity contribution is 0.273. The molecule has 16 heavy (non-hydrogen) atoms. The second-order valence-corrected chi connectivity index (χ2v) is 5.30. The zero-order chi connectivity index (χ0) is 11.6. The summed E-state index contributed by atoms with van der Waals surface area (Å²) in [5.74, 6) is 1.00. The lowest BCUT2D eigenvalue weighted by Gasteiger charge is -2.37. The van der Waals surface area contributed by atoms with Gasteiger partial charge in [0.25, 0.3) is 0 Å². The van der Waals surface area contributed by atoms with Crippen molar-refractivity contribution in [3.8, 4) is 0 Å². The SMILES string of the molecule is CC1(C)CCN(c2cccc(CO)n2)CC1. The topological polar surface area (TPSA) is 36.4 Å². The molecule has 0 spiro atoms. The molecule has 1 aromatic heterocycles. The molecule has 88 valence electrons.